The third-order valence-electron chi connectivity index (χ3n) is 3.47. The van der Waals surface area contributed by atoms with Gasteiger partial charge >= 0.3 is 5.56 Å². The van der Waals surface area contributed by atoms with Crippen molar-refractivity contribution in [2.24, 2.45) is 0 Å². The maximum Gasteiger partial charge on any atom is 0.310 e. The Bertz CT molecular complexity index is 696. The van der Waals surface area contributed by atoms with Crippen LogP contribution in [0.1, 0.15) is 24.1 Å². The summed E-state index contributed by atoms with van der Waals surface area (Å²) in [6.07, 6.45) is 1.75. The number of aromatic amines is 2. The van der Waals surface area contributed by atoms with Gasteiger partial charge < -0.3 is 5.10 Å². The monoisotopic (exact) mass is 246 g/mol. The Kier molecular flexibility index (Phi) is 2.23. The lowest BCUT2D eigenvalue weighted by atomic mass is 9.92. The number of benzene rings is 1. The highest BCUT2D eigenvalue weighted by Gasteiger charge is 2.47. The van der Waals surface area contributed by atoms with Crippen LogP contribution in [0.4, 0.5) is 4.39 Å². The first-order chi connectivity index (χ1) is 8.62. The largest absolute Gasteiger partial charge is 0.310 e. The third kappa shape index (κ3) is 1.59. The second kappa shape index (κ2) is 3.66. The van der Waals surface area contributed by atoms with E-state index in [1.54, 1.807) is 12.1 Å². The number of hydrogen-bond donors (Lipinski definition) is 2. The lowest BCUT2D eigenvalue weighted by Crippen LogP contribution is -2.30. The Morgan fingerprint density at radius 1 is 1.06 bits per heavy atom. The molecule has 1 heterocycles. The number of H-pyrrole nitrogens is 2. The van der Waals surface area contributed by atoms with Gasteiger partial charge in [0.05, 0.1) is 0 Å². The molecule has 5 heteroatoms. The Labute approximate surface area is 101 Å². The van der Waals surface area contributed by atoms with E-state index in [0.29, 0.717) is 5.69 Å². The molecule has 4 nitrogen and oxygen atoms in total. The molecule has 0 aliphatic heterocycles. The fourth-order valence-electron chi connectivity index (χ4n) is 2.28. The smallest absolute Gasteiger partial charge is 0.301 e. The van der Waals surface area contributed by atoms with E-state index in [9.17, 15) is 14.0 Å². The van der Waals surface area contributed by atoms with Crippen LogP contribution in [0.15, 0.2) is 39.9 Å². The Morgan fingerprint density at radius 2 is 1.72 bits per heavy atom. The summed E-state index contributed by atoms with van der Waals surface area (Å²) in [5.41, 5.74) is 0.132. The van der Waals surface area contributed by atoms with Crippen molar-refractivity contribution in [3.63, 3.8) is 0 Å². The zero-order chi connectivity index (χ0) is 12.8. The summed E-state index contributed by atoms with van der Waals surface area (Å²) < 4.78 is 12.9. The second-order valence-corrected chi connectivity index (χ2v) is 4.59. The fraction of sp³-hybridized carbons (Fsp3) is 0.231. The quantitative estimate of drug-likeness (QED) is 0.784. The number of hydrogen-bond acceptors (Lipinski definition) is 2. The molecule has 1 saturated carbocycles. The lowest BCUT2D eigenvalue weighted by Gasteiger charge is -2.15. The summed E-state index contributed by atoms with van der Waals surface area (Å²) in [4.78, 5) is 22.4. The zero-order valence-electron chi connectivity index (χ0n) is 9.50. The first kappa shape index (κ1) is 11.0. The molecule has 1 aliphatic carbocycles. The standard InChI is InChI=1S/C13H11FN2O2/c14-9-3-1-8(2-4-9)13(5-6-13)11-7-10(17)12(18)16-15-11/h1-4,7H,5-6H2,(H,15,17)(H,16,18). The Morgan fingerprint density at radius 3 is 2.28 bits per heavy atom. The second-order valence-electron chi connectivity index (χ2n) is 4.59. The molecule has 0 radical (unpaired) electrons. The molecule has 0 atom stereocenters. The van der Waals surface area contributed by atoms with Gasteiger partial charge in [0.2, 0.25) is 5.43 Å². The van der Waals surface area contributed by atoms with Gasteiger partial charge in [-0.1, -0.05) is 12.1 Å². The summed E-state index contributed by atoms with van der Waals surface area (Å²) >= 11 is 0. The predicted octanol–water partition coefficient (Wildman–Crippen LogP) is 1.28. The van der Waals surface area contributed by atoms with Gasteiger partial charge in [-0.2, -0.15) is 0 Å². The number of aromatic nitrogens is 2. The molecule has 0 spiro atoms. The molecule has 3 rings (SSSR count). The Hall–Kier alpha value is -2.17. The van der Waals surface area contributed by atoms with E-state index in [-0.39, 0.29) is 11.2 Å². The molecule has 0 unspecified atom stereocenters. The van der Waals surface area contributed by atoms with Crippen molar-refractivity contribution in [2.45, 2.75) is 18.3 Å². The molecule has 0 saturated heterocycles. The molecule has 1 aromatic carbocycles. The molecule has 2 N–H and O–H groups in total. The van der Waals surface area contributed by atoms with E-state index >= 15 is 0 Å². The van der Waals surface area contributed by atoms with Gasteiger partial charge in [0.1, 0.15) is 5.82 Å². The van der Waals surface area contributed by atoms with E-state index in [1.165, 1.54) is 18.2 Å². The average molecular weight is 246 g/mol. The van der Waals surface area contributed by atoms with Gasteiger partial charge in [-0.15, -0.1) is 0 Å². The molecule has 1 aromatic heterocycles. The van der Waals surface area contributed by atoms with Crippen molar-refractivity contribution in [3.8, 4) is 0 Å². The normalized spacial score (nSPS) is 16.5. The maximum absolute atomic E-state index is 12.9. The summed E-state index contributed by atoms with van der Waals surface area (Å²) in [5, 5.41) is 5.09. The van der Waals surface area contributed by atoms with Crippen molar-refractivity contribution in [2.75, 3.05) is 0 Å². The van der Waals surface area contributed by atoms with Crippen molar-refractivity contribution in [1.29, 1.82) is 0 Å². The van der Waals surface area contributed by atoms with E-state index in [2.05, 4.69) is 10.2 Å². The van der Waals surface area contributed by atoms with Crippen molar-refractivity contribution in [3.05, 3.63) is 68.0 Å². The van der Waals surface area contributed by atoms with Gasteiger partial charge in [-0.05, 0) is 30.5 Å². The van der Waals surface area contributed by atoms with Crippen molar-refractivity contribution >= 4 is 0 Å². The van der Waals surface area contributed by atoms with Crippen LogP contribution in [-0.2, 0) is 5.41 Å². The van der Waals surface area contributed by atoms with Gasteiger partial charge in [-0.3, -0.25) is 14.7 Å². The maximum atomic E-state index is 12.9. The van der Waals surface area contributed by atoms with Crippen LogP contribution >= 0.6 is 0 Å². The van der Waals surface area contributed by atoms with E-state index < -0.39 is 11.0 Å². The molecule has 0 bridgehead atoms. The van der Waals surface area contributed by atoms with Crippen LogP contribution < -0.4 is 11.0 Å². The summed E-state index contributed by atoms with van der Waals surface area (Å²) in [5.74, 6) is -0.287. The molecule has 0 amide bonds. The van der Waals surface area contributed by atoms with Crippen LogP contribution in [0, 0.1) is 5.82 Å². The minimum atomic E-state index is -0.659. The first-order valence-electron chi connectivity index (χ1n) is 5.70. The first-order valence-corrected chi connectivity index (χ1v) is 5.70. The molecule has 1 aliphatic rings. The van der Waals surface area contributed by atoms with Crippen LogP contribution in [0.2, 0.25) is 0 Å². The van der Waals surface area contributed by atoms with Crippen molar-refractivity contribution in [1.82, 2.24) is 10.2 Å². The molecule has 92 valence electrons. The highest BCUT2D eigenvalue weighted by atomic mass is 19.1. The Balaban J connectivity index is 2.10. The van der Waals surface area contributed by atoms with Crippen LogP contribution in [0.25, 0.3) is 0 Å². The highest BCUT2D eigenvalue weighted by molar-refractivity contribution is 5.41. The minimum Gasteiger partial charge on any atom is -0.301 e. The SMILES string of the molecule is O=c1cc(C2(c3ccc(F)cc3)CC2)[nH][nH]c1=O. The van der Waals surface area contributed by atoms with E-state index in [1.807, 2.05) is 0 Å². The summed E-state index contributed by atoms with van der Waals surface area (Å²) in [6, 6.07) is 7.56. The number of nitrogens with one attached hydrogen (secondary N) is 2. The van der Waals surface area contributed by atoms with E-state index in [0.717, 1.165) is 18.4 Å². The average Bonchev–Trinajstić information content (AvgIpc) is 3.15. The third-order valence-corrected chi connectivity index (χ3v) is 3.47. The van der Waals surface area contributed by atoms with Crippen LogP contribution in [-0.4, -0.2) is 10.2 Å². The van der Waals surface area contributed by atoms with Crippen molar-refractivity contribution < 1.29 is 4.39 Å². The molecular formula is C13H11FN2O2. The van der Waals surface area contributed by atoms with E-state index in [4.69, 9.17) is 0 Å². The van der Waals surface area contributed by atoms with Crippen LogP contribution in [0.5, 0.6) is 0 Å². The van der Waals surface area contributed by atoms with Gasteiger partial charge in [-0.25, -0.2) is 4.39 Å². The van der Waals surface area contributed by atoms with Crippen LogP contribution in [0.3, 0.4) is 0 Å². The molecule has 2 aromatic rings. The predicted molar refractivity (Wildman–Crippen MR) is 64.1 cm³/mol. The summed E-state index contributed by atoms with van der Waals surface area (Å²) in [7, 11) is 0. The fourth-order valence-corrected chi connectivity index (χ4v) is 2.28. The highest BCUT2D eigenvalue weighted by Crippen LogP contribution is 2.52. The topological polar surface area (TPSA) is 65.7 Å². The van der Waals surface area contributed by atoms with Gasteiger partial charge in [0, 0.05) is 17.2 Å². The molecular weight excluding hydrogens is 235 g/mol. The lowest BCUT2D eigenvalue weighted by molar-refractivity contribution is 0.625. The number of halogens is 1. The summed E-state index contributed by atoms with van der Waals surface area (Å²) in [6.45, 7) is 0. The van der Waals surface area contributed by atoms with Gasteiger partial charge in [0.25, 0.3) is 0 Å². The van der Waals surface area contributed by atoms with Gasteiger partial charge in [0.15, 0.2) is 0 Å². The molecule has 18 heavy (non-hydrogen) atoms. The number of rotatable bonds is 2. The minimum absolute atomic E-state index is 0.281. The molecule has 1 fully saturated rings. The zero-order valence-corrected chi connectivity index (χ0v) is 9.50.